The van der Waals surface area contributed by atoms with Gasteiger partial charge in [0, 0.05) is 12.2 Å². The monoisotopic (exact) mass is 336 g/mol. The molecule has 0 fully saturated rings. The van der Waals surface area contributed by atoms with Crippen LogP contribution in [0.2, 0.25) is 0 Å². The summed E-state index contributed by atoms with van der Waals surface area (Å²) in [7, 11) is 0. The molecule has 126 valence electrons. The molecule has 0 radical (unpaired) electrons. The summed E-state index contributed by atoms with van der Waals surface area (Å²) in [6.45, 7) is 2.05. The van der Waals surface area contributed by atoms with Gasteiger partial charge in [-0.15, -0.1) is 5.10 Å². The van der Waals surface area contributed by atoms with Crippen LogP contribution in [0.5, 0.6) is 0 Å². The number of carbonyl (C=O) groups excluding carboxylic acids is 2. The number of rotatable bonds is 4. The number of amides is 2. The van der Waals surface area contributed by atoms with Crippen LogP contribution in [0.3, 0.4) is 0 Å². The van der Waals surface area contributed by atoms with E-state index in [1.807, 2.05) is 30.3 Å². The van der Waals surface area contributed by atoms with Gasteiger partial charge in [0.2, 0.25) is 0 Å². The zero-order valence-electron chi connectivity index (χ0n) is 13.5. The molecule has 3 aromatic rings. The van der Waals surface area contributed by atoms with Gasteiger partial charge in [0.05, 0.1) is 5.69 Å². The summed E-state index contributed by atoms with van der Waals surface area (Å²) >= 11 is 0. The number of aromatic nitrogens is 4. The van der Waals surface area contributed by atoms with E-state index in [1.54, 1.807) is 31.2 Å². The normalized spacial score (nSPS) is 10.3. The van der Waals surface area contributed by atoms with Crippen molar-refractivity contribution in [2.75, 3.05) is 5.32 Å². The van der Waals surface area contributed by atoms with Crippen LogP contribution in [-0.2, 0) is 16.1 Å². The number of hydrogen-bond donors (Lipinski definition) is 2. The summed E-state index contributed by atoms with van der Waals surface area (Å²) < 4.78 is 1.53. The molecule has 8 heteroatoms. The zero-order chi connectivity index (χ0) is 17.6. The standard InChI is InChI=1S/C17H16N6O2/c1-12-20-21-22-23(12)15-9-5-8-14(10-15)19-17(25)16(24)18-11-13-6-3-2-4-7-13/h2-10H,11H2,1H3,(H,18,24)(H,19,25). The molecule has 1 aromatic heterocycles. The fourth-order valence-electron chi connectivity index (χ4n) is 2.23. The van der Waals surface area contributed by atoms with Crippen molar-refractivity contribution in [3.8, 4) is 5.69 Å². The third kappa shape index (κ3) is 4.05. The van der Waals surface area contributed by atoms with Crippen LogP contribution in [0, 0.1) is 6.92 Å². The Hall–Kier alpha value is -3.55. The third-order valence-electron chi connectivity index (χ3n) is 3.48. The van der Waals surface area contributed by atoms with E-state index < -0.39 is 11.8 Å². The lowest BCUT2D eigenvalue weighted by atomic mass is 10.2. The Balaban J connectivity index is 1.63. The first-order valence-corrected chi connectivity index (χ1v) is 7.62. The van der Waals surface area contributed by atoms with Crippen LogP contribution >= 0.6 is 0 Å². The number of nitrogens with zero attached hydrogens (tertiary/aromatic N) is 4. The quantitative estimate of drug-likeness (QED) is 0.698. The third-order valence-corrected chi connectivity index (χ3v) is 3.48. The predicted molar refractivity (Wildman–Crippen MR) is 90.8 cm³/mol. The van der Waals surface area contributed by atoms with E-state index in [0.717, 1.165) is 5.56 Å². The first-order chi connectivity index (χ1) is 12.1. The maximum atomic E-state index is 12.0. The highest BCUT2D eigenvalue weighted by Gasteiger charge is 2.14. The van der Waals surface area contributed by atoms with E-state index in [4.69, 9.17) is 0 Å². The largest absolute Gasteiger partial charge is 0.344 e. The molecule has 8 nitrogen and oxygen atoms in total. The van der Waals surface area contributed by atoms with Crippen LogP contribution in [-0.4, -0.2) is 32.0 Å². The SMILES string of the molecule is Cc1nnnn1-c1cccc(NC(=O)C(=O)NCc2ccccc2)c1. The number of carbonyl (C=O) groups is 2. The minimum atomic E-state index is -0.735. The van der Waals surface area contributed by atoms with E-state index in [9.17, 15) is 9.59 Å². The van der Waals surface area contributed by atoms with Crippen molar-refractivity contribution in [1.82, 2.24) is 25.5 Å². The molecule has 3 rings (SSSR count). The molecule has 25 heavy (non-hydrogen) atoms. The fourth-order valence-corrected chi connectivity index (χ4v) is 2.23. The summed E-state index contributed by atoms with van der Waals surface area (Å²) in [5.74, 6) is -0.821. The summed E-state index contributed by atoms with van der Waals surface area (Å²) in [5, 5.41) is 16.4. The van der Waals surface area contributed by atoms with Gasteiger partial charge in [-0.05, 0) is 41.1 Å². The van der Waals surface area contributed by atoms with Gasteiger partial charge in [-0.2, -0.15) is 4.68 Å². The van der Waals surface area contributed by atoms with Crippen molar-refractivity contribution in [1.29, 1.82) is 0 Å². The van der Waals surface area contributed by atoms with Gasteiger partial charge in [0.1, 0.15) is 0 Å². The first kappa shape index (κ1) is 16.3. The van der Waals surface area contributed by atoms with Gasteiger partial charge < -0.3 is 10.6 Å². The average Bonchev–Trinajstić information content (AvgIpc) is 3.06. The summed E-state index contributed by atoms with van der Waals surface area (Å²) in [4.78, 5) is 24.0. The van der Waals surface area contributed by atoms with Crippen molar-refractivity contribution < 1.29 is 9.59 Å². The zero-order valence-corrected chi connectivity index (χ0v) is 13.5. The molecular weight excluding hydrogens is 320 g/mol. The Kier molecular flexibility index (Phi) is 4.79. The summed E-state index contributed by atoms with van der Waals surface area (Å²) in [6, 6.07) is 16.3. The lowest BCUT2D eigenvalue weighted by molar-refractivity contribution is -0.136. The molecule has 0 spiro atoms. The molecule has 0 unspecified atom stereocenters. The summed E-state index contributed by atoms with van der Waals surface area (Å²) in [6.07, 6.45) is 0. The number of tetrazole rings is 1. The molecule has 0 saturated carbocycles. The van der Waals surface area contributed by atoms with Crippen molar-refractivity contribution in [2.24, 2.45) is 0 Å². The number of hydrogen-bond acceptors (Lipinski definition) is 5. The lowest BCUT2D eigenvalue weighted by Gasteiger charge is -2.08. The van der Waals surface area contributed by atoms with Gasteiger partial charge in [-0.3, -0.25) is 9.59 Å². The highest BCUT2D eigenvalue weighted by Crippen LogP contribution is 2.14. The van der Waals surface area contributed by atoms with E-state index in [-0.39, 0.29) is 6.54 Å². The van der Waals surface area contributed by atoms with Crippen LogP contribution in [0.4, 0.5) is 5.69 Å². The number of nitrogens with one attached hydrogen (secondary N) is 2. The molecule has 2 N–H and O–H groups in total. The van der Waals surface area contributed by atoms with Crippen LogP contribution in [0.25, 0.3) is 5.69 Å². The van der Waals surface area contributed by atoms with Crippen molar-refractivity contribution in [2.45, 2.75) is 13.5 Å². The molecule has 1 heterocycles. The highest BCUT2D eigenvalue weighted by molar-refractivity contribution is 6.39. The molecule has 0 aliphatic rings. The molecule has 2 aromatic carbocycles. The maximum Gasteiger partial charge on any atom is 0.313 e. The van der Waals surface area contributed by atoms with E-state index in [0.29, 0.717) is 17.2 Å². The van der Waals surface area contributed by atoms with E-state index in [1.165, 1.54) is 4.68 Å². The second kappa shape index (κ2) is 7.35. The topological polar surface area (TPSA) is 102 Å². The molecular formula is C17H16N6O2. The number of aryl methyl sites for hydroxylation is 1. The van der Waals surface area contributed by atoms with Crippen LogP contribution < -0.4 is 10.6 Å². The van der Waals surface area contributed by atoms with Crippen molar-refractivity contribution in [3.05, 3.63) is 66.0 Å². The van der Waals surface area contributed by atoms with Crippen LogP contribution in [0.15, 0.2) is 54.6 Å². The Bertz CT molecular complexity index is 891. The van der Waals surface area contributed by atoms with Gasteiger partial charge >= 0.3 is 11.8 Å². The molecule has 0 atom stereocenters. The number of benzene rings is 2. The molecule has 0 aliphatic carbocycles. The Morgan fingerprint density at radius 2 is 1.84 bits per heavy atom. The van der Waals surface area contributed by atoms with Gasteiger partial charge in [-0.25, -0.2) is 0 Å². The number of anilines is 1. The Labute approximate surface area is 143 Å². The minimum absolute atomic E-state index is 0.289. The highest BCUT2D eigenvalue weighted by atomic mass is 16.2. The smallest absolute Gasteiger partial charge is 0.313 e. The summed E-state index contributed by atoms with van der Waals surface area (Å²) in [5.41, 5.74) is 2.08. The maximum absolute atomic E-state index is 12.0. The minimum Gasteiger partial charge on any atom is -0.344 e. The second-order valence-corrected chi connectivity index (χ2v) is 5.31. The molecule has 0 saturated heterocycles. The van der Waals surface area contributed by atoms with Crippen LogP contribution in [0.1, 0.15) is 11.4 Å². The average molecular weight is 336 g/mol. The lowest BCUT2D eigenvalue weighted by Crippen LogP contribution is -2.34. The molecule has 2 amide bonds. The molecule has 0 aliphatic heterocycles. The van der Waals surface area contributed by atoms with Gasteiger partial charge in [0.15, 0.2) is 5.82 Å². The Morgan fingerprint density at radius 3 is 2.56 bits per heavy atom. The van der Waals surface area contributed by atoms with Crippen molar-refractivity contribution in [3.63, 3.8) is 0 Å². The molecule has 0 bridgehead atoms. The first-order valence-electron chi connectivity index (χ1n) is 7.62. The van der Waals surface area contributed by atoms with E-state index >= 15 is 0 Å². The Morgan fingerprint density at radius 1 is 1.04 bits per heavy atom. The van der Waals surface area contributed by atoms with Gasteiger partial charge in [0.25, 0.3) is 0 Å². The van der Waals surface area contributed by atoms with Crippen molar-refractivity contribution >= 4 is 17.5 Å². The second-order valence-electron chi connectivity index (χ2n) is 5.31. The fraction of sp³-hybridized carbons (Fsp3) is 0.118. The van der Waals surface area contributed by atoms with Gasteiger partial charge in [-0.1, -0.05) is 36.4 Å². The predicted octanol–water partition coefficient (Wildman–Crippen LogP) is 1.23. The van der Waals surface area contributed by atoms with E-state index in [2.05, 4.69) is 26.2 Å².